The molecule has 4 heteroatoms. The molecule has 4 nitrogen and oxygen atoms in total. The first kappa shape index (κ1) is 11.7. The van der Waals surface area contributed by atoms with Crippen molar-refractivity contribution in [2.45, 2.75) is 18.9 Å². The van der Waals surface area contributed by atoms with E-state index in [9.17, 15) is 4.79 Å². The molecule has 0 radical (unpaired) electrons. The molecule has 1 aromatic rings. The van der Waals surface area contributed by atoms with Crippen molar-refractivity contribution in [1.29, 1.82) is 0 Å². The summed E-state index contributed by atoms with van der Waals surface area (Å²) in [7, 11) is 0. The molecule has 96 valence electrons. The number of carbonyl (C=O) groups is 1. The number of hydrogen-bond donors (Lipinski definition) is 1. The normalized spacial score (nSPS) is 27.1. The number of ether oxygens (including phenoxy) is 1. The van der Waals surface area contributed by atoms with Gasteiger partial charge in [-0.15, -0.1) is 0 Å². The van der Waals surface area contributed by atoms with E-state index in [0.717, 1.165) is 18.8 Å². The van der Waals surface area contributed by atoms with Gasteiger partial charge in [0.2, 0.25) is 0 Å². The number of para-hydroxylation sites is 1. The lowest BCUT2D eigenvalue weighted by Gasteiger charge is -2.27. The Morgan fingerprint density at radius 3 is 3.06 bits per heavy atom. The topological polar surface area (TPSA) is 41.6 Å². The molecule has 0 bridgehead atoms. The zero-order valence-electron chi connectivity index (χ0n) is 10.6. The maximum atomic E-state index is 12.5. The van der Waals surface area contributed by atoms with Crippen molar-refractivity contribution in [3.63, 3.8) is 0 Å². The summed E-state index contributed by atoms with van der Waals surface area (Å²) in [5, 5.41) is 3.20. The number of fused-ring (bicyclic) bond motifs is 1. The maximum absolute atomic E-state index is 12.5. The predicted octanol–water partition coefficient (Wildman–Crippen LogP) is 1.13. The van der Waals surface area contributed by atoms with Crippen LogP contribution in [0.5, 0.6) is 0 Å². The summed E-state index contributed by atoms with van der Waals surface area (Å²) in [6.07, 6.45) is -0.336. The van der Waals surface area contributed by atoms with E-state index in [4.69, 9.17) is 4.74 Å². The zero-order valence-corrected chi connectivity index (χ0v) is 10.6. The van der Waals surface area contributed by atoms with Gasteiger partial charge in [-0.3, -0.25) is 4.79 Å². The van der Waals surface area contributed by atoms with E-state index in [1.165, 1.54) is 5.56 Å². The lowest BCUT2D eigenvalue weighted by molar-refractivity contribution is -0.131. The number of morpholine rings is 1. The highest BCUT2D eigenvalue weighted by Gasteiger charge is 2.34. The summed E-state index contributed by atoms with van der Waals surface area (Å²) < 4.78 is 5.55. The summed E-state index contributed by atoms with van der Waals surface area (Å²) >= 11 is 0. The van der Waals surface area contributed by atoms with Crippen LogP contribution in [0.1, 0.15) is 18.4 Å². The van der Waals surface area contributed by atoms with E-state index in [1.54, 1.807) is 0 Å². The van der Waals surface area contributed by atoms with Crippen LogP contribution in [0.4, 0.5) is 5.69 Å². The number of nitrogens with one attached hydrogen (secondary N) is 1. The monoisotopic (exact) mass is 246 g/mol. The second-order valence-corrected chi connectivity index (χ2v) is 4.97. The van der Waals surface area contributed by atoms with Gasteiger partial charge in [0.05, 0.1) is 6.61 Å². The quantitative estimate of drug-likeness (QED) is 0.807. The van der Waals surface area contributed by atoms with Gasteiger partial charge >= 0.3 is 0 Å². The van der Waals surface area contributed by atoms with Crippen molar-refractivity contribution in [1.82, 2.24) is 5.32 Å². The maximum Gasteiger partial charge on any atom is 0.257 e. The van der Waals surface area contributed by atoms with Crippen molar-refractivity contribution in [3.8, 4) is 0 Å². The van der Waals surface area contributed by atoms with Gasteiger partial charge in [0.1, 0.15) is 6.10 Å². The molecule has 0 aromatic heterocycles. The number of amides is 1. The molecule has 2 aliphatic heterocycles. The molecule has 2 atom stereocenters. The van der Waals surface area contributed by atoms with Gasteiger partial charge in [0.15, 0.2) is 0 Å². The van der Waals surface area contributed by atoms with Crippen LogP contribution in [-0.4, -0.2) is 38.3 Å². The Morgan fingerprint density at radius 2 is 2.28 bits per heavy atom. The zero-order chi connectivity index (χ0) is 12.5. The number of hydrogen-bond acceptors (Lipinski definition) is 3. The molecule has 1 N–H and O–H groups in total. The summed E-state index contributed by atoms with van der Waals surface area (Å²) in [6.45, 7) is 4.98. The molecule has 1 amide bonds. The Morgan fingerprint density at radius 1 is 1.44 bits per heavy atom. The first-order valence-corrected chi connectivity index (χ1v) is 6.50. The highest BCUT2D eigenvalue weighted by Crippen LogP contribution is 2.36. The number of rotatable bonds is 1. The van der Waals surface area contributed by atoms with E-state index in [1.807, 2.05) is 23.1 Å². The van der Waals surface area contributed by atoms with Gasteiger partial charge in [-0.05, 0) is 11.6 Å². The number of nitrogens with zero attached hydrogens (tertiary/aromatic N) is 1. The third-order valence-electron chi connectivity index (χ3n) is 3.68. The Hall–Kier alpha value is -1.39. The largest absolute Gasteiger partial charge is 0.366 e. The van der Waals surface area contributed by atoms with Crippen molar-refractivity contribution < 1.29 is 9.53 Å². The minimum absolute atomic E-state index is 0.0824. The third-order valence-corrected chi connectivity index (χ3v) is 3.68. The fourth-order valence-electron chi connectivity index (χ4n) is 2.73. The minimum atomic E-state index is -0.336. The highest BCUT2D eigenvalue weighted by molar-refractivity contribution is 5.99. The van der Waals surface area contributed by atoms with Gasteiger partial charge in [-0.1, -0.05) is 25.1 Å². The Kier molecular flexibility index (Phi) is 3.06. The van der Waals surface area contributed by atoms with Crippen LogP contribution in [-0.2, 0) is 9.53 Å². The standard InChI is InChI=1S/C14H18N2O2/c1-10-9-16(12-5-3-2-4-11(10)12)14(17)13-8-15-6-7-18-13/h2-5,10,13,15H,6-9H2,1H3/t10-,13-/m1/s1. The average Bonchev–Trinajstić information content (AvgIpc) is 2.77. The van der Waals surface area contributed by atoms with Gasteiger partial charge in [-0.25, -0.2) is 0 Å². The molecule has 0 spiro atoms. The highest BCUT2D eigenvalue weighted by atomic mass is 16.5. The second kappa shape index (κ2) is 4.71. The predicted molar refractivity (Wildman–Crippen MR) is 69.8 cm³/mol. The molecule has 0 unspecified atom stereocenters. The van der Waals surface area contributed by atoms with E-state index in [0.29, 0.717) is 19.1 Å². The Bertz CT molecular complexity index is 455. The first-order valence-electron chi connectivity index (χ1n) is 6.50. The minimum Gasteiger partial charge on any atom is -0.366 e. The van der Waals surface area contributed by atoms with Crippen LogP contribution in [0, 0.1) is 0 Å². The molecule has 1 aromatic carbocycles. The van der Waals surface area contributed by atoms with E-state index in [-0.39, 0.29) is 12.0 Å². The fourth-order valence-corrected chi connectivity index (χ4v) is 2.73. The summed E-state index contributed by atoms with van der Waals surface area (Å²) in [4.78, 5) is 14.3. The average molecular weight is 246 g/mol. The van der Waals surface area contributed by atoms with Crippen LogP contribution in [0.2, 0.25) is 0 Å². The van der Waals surface area contributed by atoms with Gasteiger partial charge in [-0.2, -0.15) is 0 Å². The molecular formula is C14H18N2O2. The molecule has 1 saturated heterocycles. The SMILES string of the molecule is C[C@@H]1CN(C(=O)[C@H]2CNCCO2)c2ccccc21. The third kappa shape index (κ3) is 1.91. The van der Waals surface area contributed by atoms with Gasteiger partial charge < -0.3 is 15.0 Å². The van der Waals surface area contributed by atoms with Crippen LogP contribution in [0.3, 0.4) is 0 Å². The van der Waals surface area contributed by atoms with E-state index in [2.05, 4.69) is 18.3 Å². The molecule has 1 fully saturated rings. The Labute approximate surface area is 107 Å². The number of anilines is 1. The molecule has 2 heterocycles. The van der Waals surface area contributed by atoms with Crippen LogP contribution in [0.15, 0.2) is 24.3 Å². The number of benzene rings is 1. The van der Waals surface area contributed by atoms with Crippen molar-refractivity contribution in [3.05, 3.63) is 29.8 Å². The lowest BCUT2D eigenvalue weighted by atomic mass is 10.0. The van der Waals surface area contributed by atoms with E-state index < -0.39 is 0 Å². The van der Waals surface area contributed by atoms with Crippen molar-refractivity contribution >= 4 is 11.6 Å². The van der Waals surface area contributed by atoms with Crippen molar-refractivity contribution in [2.75, 3.05) is 31.1 Å². The summed E-state index contributed by atoms with van der Waals surface area (Å²) in [5.41, 5.74) is 2.30. The van der Waals surface area contributed by atoms with Crippen LogP contribution < -0.4 is 10.2 Å². The summed E-state index contributed by atoms with van der Waals surface area (Å²) in [6, 6.07) is 8.14. The molecule has 3 rings (SSSR count). The Balaban J connectivity index is 1.83. The molecular weight excluding hydrogens is 228 g/mol. The van der Waals surface area contributed by atoms with Crippen LogP contribution >= 0.6 is 0 Å². The second-order valence-electron chi connectivity index (χ2n) is 4.97. The van der Waals surface area contributed by atoms with E-state index >= 15 is 0 Å². The molecule has 2 aliphatic rings. The first-order chi connectivity index (χ1) is 8.77. The van der Waals surface area contributed by atoms with Crippen molar-refractivity contribution in [2.24, 2.45) is 0 Å². The molecule has 0 aliphatic carbocycles. The summed E-state index contributed by atoms with van der Waals surface area (Å²) in [5.74, 6) is 0.487. The fraction of sp³-hybridized carbons (Fsp3) is 0.500. The van der Waals surface area contributed by atoms with Crippen LogP contribution in [0.25, 0.3) is 0 Å². The van der Waals surface area contributed by atoms with Gasteiger partial charge in [0.25, 0.3) is 5.91 Å². The molecule has 18 heavy (non-hydrogen) atoms. The lowest BCUT2D eigenvalue weighted by Crippen LogP contribution is -2.49. The van der Waals surface area contributed by atoms with Gasteiger partial charge in [0, 0.05) is 31.2 Å². The number of carbonyl (C=O) groups excluding carboxylic acids is 1. The smallest absolute Gasteiger partial charge is 0.257 e. The molecule has 0 saturated carbocycles.